The van der Waals surface area contributed by atoms with Crippen molar-refractivity contribution in [2.75, 3.05) is 19.6 Å². The zero-order chi connectivity index (χ0) is 67.3. The van der Waals surface area contributed by atoms with Crippen LogP contribution in [-0.2, 0) is 46.4 Å². The van der Waals surface area contributed by atoms with Gasteiger partial charge in [0.15, 0.2) is 23.0 Å². The number of Topliss-reactive ketones (excluding diaryl/α,β-unsaturated/α-hetero) is 2. The molecule has 0 bridgehead atoms. The van der Waals surface area contributed by atoms with Crippen molar-refractivity contribution in [3.05, 3.63) is 143 Å². The molecule has 6 amide bonds. The summed E-state index contributed by atoms with van der Waals surface area (Å²) in [6, 6.07) is 12.1. The maximum Gasteiger partial charge on any atom is 0.307 e. The lowest BCUT2D eigenvalue weighted by Crippen LogP contribution is -2.47. The highest BCUT2D eigenvalue weighted by atomic mass is 19.1. The van der Waals surface area contributed by atoms with E-state index in [4.69, 9.17) is 14.8 Å². The van der Waals surface area contributed by atoms with Gasteiger partial charge in [-0.1, -0.05) is 106 Å². The average molecular weight is 1270 g/mol. The minimum absolute atomic E-state index is 0.0313. The first-order valence-electron chi connectivity index (χ1n) is 31.2. The second-order valence-electron chi connectivity index (χ2n) is 24.1. The predicted molar refractivity (Wildman–Crippen MR) is 339 cm³/mol. The van der Waals surface area contributed by atoms with Gasteiger partial charge in [0.1, 0.15) is 23.2 Å². The van der Waals surface area contributed by atoms with Crippen LogP contribution in [0.15, 0.2) is 106 Å². The van der Waals surface area contributed by atoms with E-state index in [9.17, 15) is 57.0 Å². The van der Waals surface area contributed by atoms with Crippen LogP contribution < -0.4 is 37.6 Å². The van der Waals surface area contributed by atoms with Gasteiger partial charge in [-0.15, -0.1) is 0 Å². The number of allylic oxidation sites excluding steroid dienone is 4. The van der Waals surface area contributed by atoms with Gasteiger partial charge in [-0.3, -0.25) is 43.2 Å². The maximum absolute atomic E-state index is 13.5. The van der Waals surface area contributed by atoms with Crippen LogP contribution in [-0.4, -0.2) is 112 Å². The number of aliphatic carboxylic acids is 1. The van der Waals surface area contributed by atoms with Crippen LogP contribution in [0.3, 0.4) is 0 Å². The molecule has 2 aromatic carbocycles. The van der Waals surface area contributed by atoms with Crippen LogP contribution in [0.5, 0.6) is 0 Å². The number of nitrogens with two attached hydrogens (primary N) is 1. The van der Waals surface area contributed by atoms with Crippen molar-refractivity contribution in [3.63, 3.8) is 0 Å². The van der Waals surface area contributed by atoms with Crippen molar-refractivity contribution >= 4 is 53.0 Å². The smallest absolute Gasteiger partial charge is 0.307 e. The lowest BCUT2D eigenvalue weighted by Gasteiger charge is -2.25. The third kappa shape index (κ3) is 26.1. The van der Waals surface area contributed by atoms with E-state index in [0.29, 0.717) is 48.0 Å². The Morgan fingerprint density at radius 3 is 1.35 bits per heavy atom. The molecule has 10 atom stereocenters. The predicted octanol–water partition coefficient (Wildman–Crippen LogP) is 8.20. The topological polar surface area (TPSA) is 324 Å². The molecule has 0 radical (unpaired) electrons. The Hall–Kier alpha value is -8.47. The maximum atomic E-state index is 13.5. The van der Waals surface area contributed by atoms with Gasteiger partial charge < -0.3 is 51.8 Å². The monoisotopic (exact) mass is 1270 g/mol. The molecule has 2 aromatic heterocycles. The molecule has 496 valence electrons. The SMILES string of the molecule is C/C=C/[C@@H](C)C[C@@H]1CCNC1=O.C/C=C/[C@@H](N)C[C@@H]1CCNC1=O.C/C=C/[C@H](C[C@@H]1CCNC1=O)NC(=O)[C@@H](CC(=O)[C@@H](NC(=O)c1cc(C)on1)C(C)C)Cc1ccc(F)cc1.Cc1cc(C(=O)N[C@H](C(=O)C[C@@H](Cc2ccc(F)cc2)C(=O)O)C(C)C)no1. The zero-order valence-corrected chi connectivity index (χ0v) is 54.0. The number of benzene rings is 2. The summed E-state index contributed by atoms with van der Waals surface area (Å²) in [5.41, 5.74) is 7.19. The van der Waals surface area contributed by atoms with Crippen LogP contribution in [0.2, 0.25) is 0 Å². The first-order valence-corrected chi connectivity index (χ1v) is 31.2. The first kappa shape index (κ1) is 75.0. The van der Waals surface area contributed by atoms with Crippen LogP contribution in [0.1, 0.15) is 150 Å². The molecule has 3 aliphatic rings. The summed E-state index contributed by atoms with van der Waals surface area (Å²) >= 11 is 0. The summed E-state index contributed by atoms with van der Waals surface area (Å²) < 4.78 is 36.4. The van der Waals surface area contributed by atoms with E-state index in [-0.39, 0.29) is 102 Å². The number of amides is 6. The largest absolute Gasteiger partial charge is 0.481 e. The quantitative estimate of drug-likeness (QED) is 0.0248. The van der Waals surface area contributed by atoms with Crippen LogP contribution in [0.4, 0.5) is 8.78 Å². The third-order valence-electron chi connectivity index (χ3n) is 15.7. The van der Waals surface area contributed by atoms with Crippen molar-refractivity contribution in [3.8, 4) is 0 Å². The van der Waals surface area contributed by atoms with Crippen molar-refractivity contribution in [1.82, 2.24) is 42.2 Å². The number of carbonyl (C=O) groups is 9. The van der Waals surface area contributed by atoms with Gasteiger partial charge in [-0.25, -0.2) is 8.78 Å². The number of hydrogen-bond donors (Lipinski definition) is 8. The lowest BCUT2D eigenvalue weighted by molar-refractivity contribution is -0.144. The Bertz CT molecular complexity index is 3080. The Morgan fingerprint density at radius 2 is 0.989 bits per heavy atom. The van der Waals surface area contributed by atoms with Gasteiger partial charge in [0.25, 0.3) is 11.8 Å². The lowest BCUT2D eigenvalue weighted by atomic mass is 9.87. The molecule has 23 heteroatoms. The summed E-state index contributed by atoms with van der Waals surface area (Å²) in [5.74, 6) is -4.33. The van der Waals surface area contributed by atoms with Gasteiger partial charge in [-0.2, -0.15) is 0 Å². The molecular weight excluding hydrogens is 1170 g/mol. The normalized spacial score (nSPS) is 18.5. The van der Waals surface area contributed by atoms with Crippen LogP contribution in [0, 0.1) is 72.8 Å². The second kappa shape index (κ2) is 38.3. The highest BCUT2D eigenvalue weighted by Crippen LogP contribution is 2.24. The number of halogens is 2. The molecule has 0 unspecified atom stereocenters. The number of carboxylic acids is 1. The molecule has 0 aliphatic carbocycles. The number of aryl methyl sites for hydroxylation is 2. The summed E-state index contributed by atoms with van der Waals surface area (Å²) in [4.78, 5) is 111. The molecule has 3 saturated heterocycles. The number of rotatable bonds is 28. The number of nitrogens with zero attached hydrogens (tertiary/aromatic N) is 2. The molecule has 3 fully saturated rings. The fraction of sp³-hybridized carbons (Fsp3) is 0.515. The minimum atomic E-state index is -1.13. The van der Waals surface area contributed by atoms with E-state index in [2.05, 4.69) is 61.3 Å². The van der Waals surface area contributed by atoms with Crippen molar-refractivity contribution in [2.24, 2.45) is 53.1 Å². The van der Waals surface area contributed by atoms with E-state index >= 15 is 0 Å². The van der Waals surface area contributed by atoms with Gasteiger partial charge >= 0.3 is 5.97 Å². The van der Waals surface area contributed by atoms with Crippen molar-refractivity contribution in [1.29, 1.82) is 0 Å². The molecule has 4 aromatic rings. The van der Waals surface area contributed by atoms with Crippen LogP contribution >= 0.6 is 0 Å². The molecule has 5 heterocycles. The molecule has 21 nitrogen and oxygen atoms in total. The Morgan fingerprint density at radius 1 is 0.593 bits per heavy atom. The van der Waals surface area contributed by atoms with E-state index in [1.165, 1.54) is 48.5 Å². The summed E-state index contributed by atoms with van der Waals surface area (Å²) in [5, 5.41) is 33.6. The molecule has 3 aliphatic heterocycles. The Kier molecular flexibility index (Phi) is 31.5. The molecule has 9 N–H and O–H groups in total. The van der Waals surface area contributed by atoms with E-state index < -0.39 is 65.2 Å². The molecule has 91 heavy (non-hydrogen) atoms. The molecule has 0 saturated carbocycles. The van der Waals surface area contributed by atoms with Gasteiger partial charge in [0.2, 0.25) is 23.6 Å². The van der Waals surface area contributed by atoms with Crippen molar-refractivity contribution < 1.29 is 66.1 Å². The minimum Gasteiger partial charge on any atom is -0.481 e. The number of carboxylic acid groups (broad SMARTS) is 1. The van der Waals surface area contributed by atoms with Gasteiger partial charge in [0, 0.05) is 80.4 Å². The van der Waals surface area contributed by atoms with Crippen molar-refractivity contribution in [2.45, 2.75) is 158 Å². The Labute approximate surface area is 532 Å². The molecular formula is C68H93F2N9O12. The third-order valence-corrected chi connectivity index (χ3v) is 15.7. The highest BCUT2D eigenvalue weighted by molar-refractivity contribution is 5.98. The number of carbonyl (C=O) groups excluding carboxylic acids is 8. The highest BCUT2D eigenvalue weighted by Gasteiger charge is 2.34. The fourth-order valence-electron chi connectivity index (χ4n) is 10.8. The fourth-order valence-corrected chi connectivity index (χ4v) is 10.8. The molecule has 0 spiro atoms. The average Bonchev–Trinajstić information content (AvgIpc) is 2.43. The second-order valence-corrected chi connectivity index (χ2v) is 24.1. The van der Waals surface area contributed by atoms with Crippen LogP contribution in [0.25, 0.3) is 0 Å². The number of hydrogen-bond acceptors (Lipinski definition) is 14. The van der Waals surface area contributed by atoms with Gasteiger partial charge in [-0.05, 0) is 139 Å². The summed E-state index contributed by atoms with van der Waals surface area (Å²) in [7, 11) is 0. The number of nitrogens with one attached hydrogen (secondary N) is 6. The van der Waals surface area contributed by atoms with E-state index in [0.717, 1.165) is 38.8 Å². The number of aromatic nitrogens is 2. The molecule has 7 rings (SSSR count). The summed E-state index contributed by atoms with van der Waals surface area (Å²) in [6.07, 6.45) is 16.5. The van der Waals surface area contributed by atoms with E-state index in [1.807, 2.05) is 45.1 Å². The first-order chi connectivity index (χ1) is 43.2. The number of ketones is 2. The summed E-state index contributed by atoms with van der Waals surface area (Å²) in [6.45, 7) is 20.7. The van der Waals surface area contributed by atoms with Gasteiger partial charge in [0.05, 0.1) is 18.0 Å². The standard InChI is InChI=1S/C29H37FN4O5.C20H23FN2O5.C10H17NO.C9H16N2O/c1-5-6-23(15-20-11-12-31-27(20)36)32-28(37)21(14-19-7-9-22(30)10-8-19)16-25(35)26(17(2)3)33-29(38)24-13-18(4)39-34-24;1-11(2)18(22-19(25)16-8-12(3)28-23-16)17(24)10-14(20(26)27)9-13-4-6-15(21)7-5-13;1-3-4-8(2)7-9-5-6-11-10(9)12;1-2-3-8(10)6-7-4-5-11-9(7)12/h5-10,13,17,20-21,23,26H,11-12,14-16H2,1-4H3,(H,31,36)(H,32,37)(H,33,38);4-8,11,14,18H,9-10H2,1-3H3,(H,22,25)(H,26,27);3-4,8-9H,5-7H2,1-2H3,(H,11,12);2-3,7-8H,4-6,10H2,1H3,(H,11,12)/b6-5+;;4-3+;3-2+/t20-,21+,23+,26-;14-,18+;8-,9+;7-,8+/m0110/s1. The Balaban J connectivity index is 0.000000292. The van der Waals surface area contributed by atoms with E-state index in [1.54, 1.807) is 53.7 Å². The zero-order valence-electron chi connectivity index (χ0n) is 54.0.